The summed E-state index contributed by atoms with van der Waals surface area (Å²) in [7, 11) is 3.11. The van der Waals surface area contributed by atoms with Crippen LogP contribution in [0.5, 0.6) is 11.5 Å². The quantitative estimate of drug-likeness (QED) is 0.800. The molecule has 0 saturated carbocycles. The molecule has 1 aromatic rings. The van der Waals surface area contributed by atoms with Crippen LogP contribution in [0.4, 0.5) is 5.69 Å². The zero-order valence-electron chi connectivity index (χ0n) is 14.3. The largest absolute Gasteiger partial charge is 0.497 e. The topological polar surface area (TPSA) is 71.0 Å². The van der Waals surface area contributed by atoms with E-state index < -0.39 is 5.60 Å². The Kier molecular flexibility index (Phi) is 5.71. The summed E-state index contributed by atoms with van der Waals surface area (Å²) in [6, 6.07) is 4.89. The number of nitrogens with zero attached hydrogens (tertiary/aromatic N) is 1. The van der Waals surface area contributed by atoms with Crippen molar-refractivity contribution >= 4 is 11.6 Å². The maximum atomic E-state index is 12.5. The highest BCUT2D eigenvalue weighted by Crippen LogP contribution is 2.29. The summed E-state index contributed by atoms with van der Waals surface area (Å²) in [4.78, 5) is 14.5. The predicted molar refractivity (Wildman–Crippen MR) is 92.2 cm³/mol. The highest BCUT2D eigenvalue weighted by molar-refractivity contribution is 5.96. The van der Waals surface area contributed by atoms with Crippen LogP contribution in [0.2, 0.25) is 0 Å². The molecule has 1 aliphatic heterocycles. The number of hydrogen-bond acceptors (Lipinski definition) is 5. The Morgan fingerprint density at radius 1 is 1.38 bits per heavy atom. The summed E-state index contributed by atoms with van der Waals surface area (Å²) in [5.74, 6) is 3.49. The summed E-state index contributed by atoms with van der Waals surface area (Å²) >= 11 is 0. The van der Waals surface area contributed by atoms with Gasteiger partial charge in [0.2, 0.25) is 5.91 Å². The van der Waals surface area contributed by atoms with Gasteiger partial charge in [0, 0.05) is 32.0 Å². The van der Waals surface area contributed by atoms with Gasteiger partial charge in [0.15, 0.2) is 0 Å². The van der Waals surface area contributed by atoms with Crippen LogP contribution in [-0.2, 0) is 4.79 Å². The lowest BCUT2D eigenvalue weighted by atomic mass is 9.91. The van der Waals surface area contributed by atoms with Gasteiger partial charge in [0.1, 0.15) is 17.1 Å². The molecule has 1 atom stereocenters. The van der Waals surface area contributed by atoms with Crippen LogP contribution < -0.4 is 14.8 Å². The van der Waals surface area contributed by atoms with Gasteiger partial charge in [-0.15, -0.1) is 6.42 Å². The SMILES string of the molecule is C#CC1(O)CCN(C(C)C(=O)Nc2ccc(OC)cc2OC)CC1. The van der Waals surface area contributed by atoms with E-state index in [0.717, 1.165) is 0 Å². The van der Waals surface area contributed by atoms with E-state index in [2.05, 4.69) is 11.2 Å². The minimum absolute atomic E-state index is 0.135. The molecule has 2 N–H and O–H groups in total. The number of ether oxygens (including phenoxy) is 2. The zero-order chi connectivity index (χ0) is 17.7. The van der Waals surface area contributed by atoms with Gasteiger partial charge in [-0.3, -0.25) is 9.69 Å². The number of hydrogen-bond donors (Lipinski definition) is 2. The van der Waals surface area contributed by atoms with Crippen molar-refractivity contribution in [1.29, 1.82) is 0 Å². The number of anilines is 1. The molecule has 0 aromatic heterocycles. The van der Waals surface area contributed by atoms with Crippen LogP contribution in [-0.4, -0.2) is 54.9 Å². The number of nitrogens with one attached hydrogen (secondary N) is 1. The summed E-state index contributed by atoms with van der Waals surface area (Å²) in [5, 5.41) is 13.0. The molecule has 1 saturated heterocycles. The molecule has 1 aliphatic rings. The minimum atomic E-state index is -1.05. The van der Waals surface area contributed by atoms with Gasteiger partial charge in [0.25, 0.3) is 0 Å². The molecule has 2 rings (SSSR count). The van der Waals surface area contributed by atoms with E-state index in [9.17, 15) is 9.90 Å². The van der Waals surface area contributed by atoms with E-state index in [4.69, 9.17) is 15.9 Å². The van der Waals surface area contributed by atoms with Gasteiger partial charge >= 0.3 is 0 Å². The standard InChI is InChI=1S/C18H24N2O4/c1-5-18(22)8-10-20(11-9-18)13(2)17(21)19-15-7-6-14(23-3)12-16(15)24-4/h1,6-7,12-13,22H,8-11H2,2-4H3,(H,19,21). The normalized spacial score (nSPS) is 18.3. The Balaban J connectivity index is 2.01. The molecule has 1 heterocycles. The number of carbonyl (C=O) groups excluding carboxylic acids is 1. The van der Waals surface area contributed by atoms with Gasteiger partial charge in [-0.25, -0.2) is 0 Å². The van der Waals surface area contributed by atoms with Crippen LogP contribution in [0.3, 0.4) is 0 Å². The zero-order valence-corrected chi connectivity index (χ0v) is 14.3. The first kappa shape index (κ1) is 18.1. The summed E-state index contributed by atoms with van der Waals surface area (Å²) in [5.41, 5.74) is -0.460. The molecular formula is C18H24N2O4. The first-order valence-corrected chi connectivity index (χ1v) is 7.89. The third kappa shape index (κ3) is 3.99. The number of benzene rings is 1. The van der Waals surface area contributed by atoms with Crippen molar-refractivity contribution in [3.05, 3.63) is 18.2 Å². The molecule has 24 heavy (non-hydrogen) atoms. The molecule has 6 nitrogen and oxygen atoms in total. The van der Waals surface area contributed by atoms with E-state index in [1.54, 1.807) is 32.4 Å². The van der Waals surface area contributed by atoms with E-state index in [-0.39, 0.29) is 11.9 Å². The van der Waals surface area contributed by atoms with Crippen molar-refractivity contribution in [2.45, 2.75) is 31.4 Å². The van der Waals surface area contributed by atoms with Crippen LogP contribution in [0.15, 0.2) is 18.2 Å². The fourth-order valence-corrected chi connectivity index (χ4v) is 2.73. The van der Waals surface area contributed by atoms with Crippen molar-refractivity contribution in [3.63, 3.8) is 0 Å². The van der Waals surface area contributed by atoms with Gasteiger partial charge < -0.3 is 19.9 Å². The fraction of sp³-hybridized carbons (Fsp3) is 0.500. The van der Waals surface area contributed by atoms with Crippen molar-refractivity contribution in [1.82, 2.24) is 4.90 Å². The average Bonchev–Trinajstić information content (AvgIpc) is 2.62. The van der Waals surface area contributed by atoms with E-state index in [0.29, 0.717) is 43.1 Å². The predicted octanol–water partition coefficient (Wildman–Crippen LogP) is 1.49. The molecule has 0 radical (unpaired) electrons. The van der Waals surface area contributed by atoms with Gasteiger partial charge in [-0.2, -0.15) is 0 Å². The molecule has 1 amide bonds. The van der Waals surface area contributed by atoms with Crippen molar-refractivity contribution < 1.29 is 19.4 Å². The van der Waals surface area contributed by atoms with E-state index in [1.165, 1.54) is 0 Å². The molecule has 1 unspecified atom stereocenters. The highest BCUT2D eigenvalue weighted by Gasteiger charge is 2.33. The first-order valence-electron chi connectivity index (χ1n) is 7.89. The van der Waals surface area contributed by atoms with Gasteiger partial charge in [-0.05, 0) is 19.1 Å². The Morgan fingerprint density at radius 2 is 2.04 bits per heavy atom. The van der Waals surface area contributed by atoms with Crippen LogP contribution in [0.25, 0.3) is 0 Å². The molecule has 0 spiro atoms. The number of likely N-dealkylation sites (tertiary alicyclic amines) is 1. The maximum absolute atomic E-state index is 12.5. The lowest BCUT2D eigenvalue weighted by molar-refractivity contribution is -0.122. The average molecular weight is 332 g/mol. The molecule has 6 heteroatoms. The second-order valence-corrected chi connectivity index (χ2v) is 5.94. The van der Waals surface area contributed by atoms with E-state index in [1.807, 2.05) is 11.8 Å². The monoisotopic (exact) mass is 332 g/mol. The Hall–Kier alpha value is -2.23. The summed E-state index contributed by atoms with van der Waals surface area (Å²) < 4.78 is 10.4. The van der Waals surface area contributed by atoms with Crippen LogP contribution in [0.1, 0.15) is 19.8 Å². The third-order valence-corrected chi connectivity index (χ3v) is 4.49. The molecule has 1 fully saturated rings. The number of piperidine rings is 1. The highest BCUT2D eigenvalue weighted by atomic mass is 16.5. The molecule has 0 bridgehead atoms. The fourth-order valence-electron chi connectivity index (χ4n) is 2.73. The minimum Gasteiger partial charge on any atom is -0.497 e. The summed E-state index contributed by atoms with van der Waals surface area (Å²) in [6.07, 6.45) is 6.29. The van der Waals surface area contributed by atoms with Crippen molar-refractivity contribution in [3.8, 4) is 23.8 Å². The molecule has 0 aliphatic carbocycles. The molecular weight excluding hydrogens is 308 g/mol. The van der Waals surface area contributed by atoms with Crippen LogP contribution >= 0.6 is 0 Å². The Bertz CT molecular complexity index is 630. The number of amides is 1. The van der Waals surface area contributed by atoms with Crippen molar-refractivity contribution in [2.75, 3.05) is 32.6 Å². The first-order chi connectivity index (χ1) is 11.4. The number of carbonyl (C=O) groups is 1. The van der Waals surface area contributed by atoms with Gasteiger partial charge in [-0.1, -0.05) is 5.92 Å². The van der Waals surface area contributed by atoms with Crippen LogP contribution in [0, 0.1) is 12.3 Å². The molecule has 1 aromatic carbocycles. The van der Waals surface area contributed by atoms with Gasteiger partial charge in [0.05, 0.1) is 25.9 Å². The number of methoxy groups -OCH3 is 2. The lowest BCUT2D eigenvalue weighted by Gasteiger charge is -2.37. The lowest BCUT2D eigenvalue weighted by Crippen LogP contribution is -2.50. The second kappa shape index (κ2) is 7.56. The Morgan fingerprint density at radius 3 is 2.58 bits per heavy atom. The number of terminal acetylenes is 1. The number of aliphatic hydroxyl groups is 1. The van der Waals surface area contributed by atoms with Crippen molar-refractivity contribution in [2.24, 2.45) is 0 Å². The number of rotatable bonds is 5. The summed E-state index contributed by atoms with van der Waals surface area (Å²) in [6.45, 7) is 3.00. The maximum Gasteiger partial charge on any atom is 0.241 e. The second-order valence-electron chi connectivity index (χ2n) is 5.94. The third-order valence-electron chi connectivity index (χ3n) is 4.49. The Labute approximate surface area is 142 Å². The smallest absolute Gasteiger partial charge is 0.241 e. The molecule has 130 valence electrons. The van der Waals surface area contributed by atoms with E-state index >= 15 is 0 Å².